The molecule has 0 aliphatic rings. The second-order valence-electron chi connectivity index (χ2n) is 5.43. The Morgan fingerprint density at radius 2 is 1.62 bits per heavy atom. The minimum Gasteiger partial charge on any atom is -0.487 e. The number of para-hydroxylation sites is 1. The summed E-state index contributed by atoms with van der Waals surface area (Å²) >= 11 is 10.8. The zero-order valence-corrected chi connectivity index (χ0v) is 18.7. The van der Waals surface area contributed by atoms with Crippen molar-refractivity contribution in [2.24, 2.45) is 5.10 Å². The first-order valence-corrected chi connectivity index (χ1v) is 10.4. The summed E-state index contributed by atoms with van der Waals surface area (Å²) in [6.07, 6.45) is 1.80. The zero-order chi connectivity index (χ0) is 18.4. The van der Waals surface area contributed by atoms with Crippen molar-refractivity contribution >= 4 is 68.7 Å². The smallest absolute Gasteiger partial charge is 0.146 e. The topological polar surface area (TPSA) is 33.6 Å². The van der Waals surface area contributed by atoms with Crippen LogP contribution in [0, 0.1) is 7.14 Å². The lowest BCUT2D eigenvalue weighted by atomic mass is 10.2. The average molecular weight is 589 g/mol. The summed E-state index contributed by atoms with van der Waals surface area (Å²) in [7, 11) is 0. The third-order valence-corrected chi connectivity index (χ3v) is 5.50. The average Bonchev–Trinajstić information content (AvgIpc) is 2.63. The maximum atomic E-state index is 6.19. The number of hydrazone groups is 1. The Morgan fingerprint density at radius 1 is 0.962 bits per heavy atom. The van der Waals surface area contributed by atoms with Crippen LogP contribution in [0.5, 0.6) is 5.75 Å². The fourth-order valence-corrected chi connectivity index (χ4v) is 4.57. The summed E-state index contributed by atoms with van der Waals surface area (Å²) in [5.41, 5.74) is 5.95. The molecule has 3 aromatic rings. The van der Waals surface area contributed by atoms with Crippen LogP contribution >= 0.6 is 56.8 Å². The molecule has 3 nitrogen and oxygen atoms in total. The van der Waals surface area contributed by atoms with E-state index < -0.39 is 0 Å². The van der Waals surface area contributed by atoms with Gasteiger partial charge in [0.25, 0.3) is 0 Å². The summed E-state index contributed by atoms with van der Waals surface area (Å²) in [6.45, 7) is 0.439. The molecule has 0 saturated carbocycles. The zero-order valence-electron chi connectivity index (χ0n) is 13.6. The van der Waals surface area contributed by atoms with E-state index in [1.807, 2.05) is 66.7 Å². The van der Waals surface area contributed by atoms with E-state index in [2.05, 4.69) is 55.7 Å². The van der Waals surface area contributed by atoms with Crippen molar-refractivity contribution in [3.8, 4) is 5.75 Å². The van der Waals surface area contributed by atoms with Gasteiger partial charge in [0.1, 0.15) is 12.4 Å². The quantitative estimate of drug-likeness (QED) is 0.201. The van der Waals surface area contributed by atoms with Crippen molar-refractivity contribution < 1.29 is 4.74 Å². The second kappa shape index (κ2) is 9.57. The van der Waals surface area contributed by atoms with E-state index in [-0.39, 0.29) is 0 Å². The molecule has 0 fully saturated rings. The van der Waals surface area contributed by atoms with Gasteiger partial charge in [-0.3, -0.25) is 5.43 Å². The SMILES string of the molecule is Clc1ccccc1COc1c(I)cc(/C=N\Nc2ccccc2)cc1I. The summed E-state index contributed by atoms with van der Waals surface area (Å²) in [5.74, 6) is 0.860. The molecule has 0 aliphatic carbocycles. The molecule has 0 radical (unpaired) electrons. The fraction of sp³-hybridized carbons (Fsp3) is 0.0500. The summed E-state index contributed by atoms with van der Waals surface area (Å²) < 4.78 is 8.06. The van der Waals surface area contributed by atoms with Crippen LogP contribution in [-0.2, 0) is 6.61 Å². The molecule has 0 saturated heterocycles. The summed E-state index contributed by atoms with van der Waals surface area (Å²) in [5, 5.41) is 5.00. The van der Waals surface area contributed by atoms with Crippen LogP contribution in [0.2, 0.25) is 5.02 Å². The van der Waals surface area contributed by atoms with E-state index in [1.165, 1.54) is 0 Å². The Morgan fingerprint density at radius 3 is 2.31 bits per heavy atom. The van der Waals surface area contributed by atoms with Gasteiger partial charge in [-0.25, -0.2) is 0 Å². The minimum absolute atomic E-state index is 0.439. The Bertz CT molecular complexity index is 894. The fourth-order valence-electron chi connectivity index (χ4n) is 2.25. The molecular formula is C20H15ClI2N2O. The van der Waals surface area contributed by atoms with Gasteiger partial charge < -0.3 is 4.74 Å². The number of nitrogens with one attached hydrogen (secondary N) is 1. The van der Waals surface area contributed by atoms with Crippen molar-refractivity contribution in [3.63, 3.8) is 0 Å². The third-order valence-electron chi connectivity index (χ3n) is 3.53. The van der Waals surface area contributed by atoms with Gasteiger partial charge in [-0.2, -0.15) is 5.10 Å². The Balaban J connectivity index is 1.69. The van der Waals surface area contributed by atoms with Gasteiger partial charge >= 0.3 is 0 Å². The molecule has 3 rings (SSSR count). The maximum Gasteiger partial charge on any atom is 0.146 e. The van der Waals surface area contributed by atoms with Crippen LogP contribution in [0.1, 0.15) is 11.1 Å². The molecule has 0 spiro atoms. The first kappa shape index (κ1) is 19.4. The monoisotopic (exact) mass is 588 g/mol. The first-order valence-electron chi connectivity index (χ1n) is 7.83. The molecule has 1 N–H and O–H groups in total. The lowest BCUT2D eigenvalue weighted by Gasteiger charge is -2.12. The minimum atomic E-state index is 0.439. The van der Waals surface area contributed by atoms with Gasteiger partial charge in [-0.15, -0.1) is 0 Å². The van der Waals surface area contributed by atoms with Crippen LogP contribution < -0.4 is 10.2 Å². The molecule has 132 valence electrons. The highest BCUT2D eigenvalue weighted by Gasteiger charge is 2.09. The number of benzene rings is 3. The highest BCUT2D eigenvalue weighted by molar-refractivity contribution is 14.1. The number of rotatable bonds is 6. The predicted octanol–water partition coefficient (Wildman–Crippen LogP) is 6.57. The van der Waals surface area contributed by atoms with Crippen molar-refractivity contribution in [2.45, 2.75) is 6.61 Å². The highest BCUT2D eigenvalue weighted by atomic mass is 127. The van der Waals surface area contributed by atoms with E-state index in [0.29, 0.717) is 11.6 Å². The van der Waals surface area contributed by atoms with E-state index in [1.54, 1.807) is 6.21 Å². The summed E-state index contributed by atoms with van der Waals surface area (Å²) in [4.78, 5) is 0. The number of nitrogens with zero attached hydrogens (tertiary/aromatic N) is 1. The maximum absolute atomic E-state index is 6.19. The van der Waals surface area contributed by atoms with Crippen LogP contribution in [0.25, 0.3) is 0 Å². The number of halogens is 3. The molecule has 0 unspecified atom stereocenters. The van der Waals surface area contributed by atoms with Gasteiger partial charge in [-0.05, 0) is 81.1 Å². The number of hydrogen-bond acceptors (Lipinski definition) is 3. The van der Waals surface area contributed by atoms with Crippen molar-refractivity contribution in [1.29, 1.82) is 0 Å². The first-order chi connectivity index (χ1) is 12.6. The van der Waals surface area contributed by atoms with Crippen molar-refractivity contribution in [1.82, 2.24) is 0 Å². The van der Waals surface area contributed by atoms with Crippen LogP contribution in [0.3, 0.4) is 0 Å². The van der Waals surface area contributed by atoms with Crippen LogP contribution in [0.15, 0.2) is 71.8 Å². The molecule has 0 bridgehead atoms. The lowest BCUT2D eigenvalue weighted by Crippen LogP contribution is -2.01. The molecule has 0 aromatic heterocycles. The molecule has 0 heterocycles. The van der Waals surface area contributed by atoms with Gasteiger partial charge in [0.2, 0.25) is 0 Å². The van der Waals surface area contributed by atoms with E-state index in [9.17, 15) is 0 Å². The van der Waals surface area contributed by atoms with Gasteiger partial charge in [0, 0.05) is 10.6 Å². The van der Waals surface area contributed by atoms with Crippen LogP contribution in [-0.4, -0.2) is 6.21 Å². The lowest BCUT2D eigenvalue weighted by molar-refractivity contribution is 0.302. The molecule has 26 heavy (non-hydrogen) atoms. The van der Waals surface area contributed by atoms with Gasteiger partial charge in [0.05, 0.1) is 19.0 Å². The van der Waals surface area contributed by atoms with E-state index in [4.69, 9.17) is 16.3 Å². The Hall–Kier alpha value is -1.32. The molecule has 3 aromatic carbocycles. The normalized spacial score (nSPS) is 10.9. The Kier molecular flexibility index (Phi) is 7.15. The standard InChI is InChI=1S/C20H15ClI2N2O/c21-17-9-5-4-6-15(17)13-26-20-18(22)10-14(11-19(20)23)12-24-25-16-7-2-1-3-8-16/h1-12,25H,13H2/b24-12-. The van der Waals surface area contributed by atoms with Crippen LogP contribution in [0.4, 0.5) is 5.69 Å². The summed E-state index contributed by atoms with van der Waals surface area (Å²) in [6, 6.07) is 21.6. The number of anilines is 1. The number of ether oxygens (including phenoxy) is 1. The molecular weight excluding hydrogens is 573 g/mol. The number of hydrogen-bond donors (Lipinski definition) is 1. The predicted molar refractivity (Wildman–Crippen MR) is 125 cm³/mol. The molecule has 0 aliphatic heterocycles. The second-order valence-corrected chi connectivity index (χ2v) is 8.16. The third kappa shape index (κ3) is 5.34. The molecule has 6 heteroatoms. The van der Waals surface area contributed by atoms with Crippen molar-refractivity contribution in [2.75, 3.05) is 5.43 Å². The largest absolute Gasteiger partial charge is 0.487 e. The van der Waals surface area contributed by atoms with Crippen molar-refractivity contribution in [3.05, 3.63) is 90.0 Å². The highest BCUT2D eigenvalue weighted by Crippen LogP contribution is 2.30. The molecule has 0 amide bonds. The molecule has 0 atom stereocenters. The van der Waals surface area contributed by atoms with E-state index >= 15 is 0 Å². The van der Waals surface area contributed by atoms with E-state index in [0.717, 1.165) is 29.7 Å². The van der Waals surface area contributed by atoms with Gasteiger partial charge in [-0.1, -0.05) is 48.0 Å². The Labute approximate surface area is 185 Å². The van der Waals surface area contributed by atoms with Gasteiger partial charge in [0.15, 0.2) is 0 Å².